The summed E-state index contributed by atoms with van der Waals surface area (Å²) in [6.07, 6.45) is 5.13. The summed E-state index contributed by atoms with van der Waals surface area (Å²) < 4.78 is 27.0. The number of hydrogen-bond donors (Lipinski definition) is 0. The number of dihydropyridines is 1. The van der Waals surface area contributed by atoms with E-state index in [0.717, 1.165) is 5.57 Å². The van der Waals surface area contributed by atoms with Crippen LogP contribution in [-0.2, 0) is 0 Å². The lowest BCUT2D eigenvalue weighted by Gasteiger charge is -2.24. The lowest BCUT2D eigenvalue weighted by atomic mass is 9.99. The summed E-state index contributed by atoms with van der Waals surface area (Å²) >= 11 is 0. The average molecular weight is 185 g/mol. The molecule has 72 valence electrons. The zero-order chi connectivity index (χ0) is 9.47. The van der Waals surface area contributed by atoms with Gasteiger partial charge in [0.2, 0.25) is 0 Å². The number of aliphatic imine (C=N–C) groups is 1. The van der Waals surface area contributed by atoms with Gasteiger partial charge in [-0.15, -0.1) is 0 Å². The van der Waals surface area contributed by atoms with Crippen LogP contribution in [0.25, 0.3) is 0 Å². The van der Waals surface area contributed by atoms with Crippen molar-refractivity contribution in [1.29, 1.82) is 0 Å². The molecule has 0 radical (unpaired) electrons. The first-order valence-corrected chi connectivity index (χ1v) is 4.68. The fourth-order valence-electron chi connectivity index (χ4n) is 1.62. The summed E-state index contributed by atoms with van der Waals surface area (Å²) in [6, 6.07) is -0.802. The Morgan fingerprint density at radius 2 is 2.15 bits per heavy atom. The molecule has 1 unspecified atom stereocenters. The lowest BCUT2D eigenvalue weighted by Crippen LogP contribution is -2.35. The summed E-state index contributed by atoms with van der Waals surface area (Å²) in [5.74, 6) is -2.98. The number of nitrogens with zero attached hydrogens (tertiary/aromatic N) is 1. The molecule has 2 aliphatic rings. The van der Waals surface area contributed by atoms with Crippen LogP contribution in [0.3, 0.4) is 0 Å². The van der Waals surface area contributed by atoms with Gasteiger partial charge in [-0.2, -0.15) is 0 Å². The molecular weight excluding hydrogens is 172 g/mol. The molecule has 0 N–H and O–H groups in total. The predicted octanol–water partition coefficient (Wildman–Crippen LogP) is 2.82. The predicted molar refractivity (Wildman–Crippen MR) is 48.3 cm³/mol. The van der Waals surface area contributed by atoms with Crippen molar-refractivity contribution >= 4 is 6.21 Å². The molecule has 1 fully saturated rings. The third-order valence-electron chi connectivity index (χ3n) is 2.69. The SMILES string of the molecule is CC1=CCC(C(F)(F)C2CC2)N=C1. The molecule has 1 atom stereocenters. The number of rotatable bonds is 2. The van der Waals surface area contributed by atoms with Gasteiger partial charge in [-0.05, 0) is 31.8 Å². The van der Waals surface area contributed by atoms with Crippen molar-refractivity contribution in [2.24, 2.45) is 10.9 Å². The summed E-state index contributed by atoms with van der Waals surface area (Å²) in [5, 5.41) is 0. The minimum absolute atomic E-state index is 0.395. The van der Waals surface area contributed by atoms with E-state index in [0.29, 0.717) is 19.3 Å². The van der Waals surface area contributed by atoms with Gasteiger partial charge in [0.05, 0.1) is 0 Å². The molecule has 2 rings (SSSR count). The van der Waals surface area contributed by atoms with Gasteiger partial charge in [0.1, 0.15) is 6.04 Å². The van der Waals surface area contributed by atoms with Crippen LogP contribution in [0.5, 0.6) is 0 Å². The third kappa shape index (κ3) is 1.64. The van der Waals surface area contributed by atoms with Gasteiger partial charge in [0.15, 0.2) is 0 Å². The Kier molecular flexibility index (Phi) is 1.97. The fraction of sp³-hybridized carbons (Fsp3) is 0.700. The van der Waals surface area contributed by atoms with Crippen molar-refractivity contribution in [2.45, 2.75) is 38.2 Å². The van der Waals surface area contributed by atoms with Gasteiger partial charge in [0.25, 0.3) is 5.92 Å². The Labute approximate surface area is 76.5 Å². The molecule has 1 heterocycles. The Morgan fingerprint density at radius 1 is 1.46 bits per heavy atom. The van der Waals surface area contributed by atoms with Crippen molar-refractivity contribution in [3.05, 3.63) is 11.6 Å². The van der Waals surface area contributed by atoms with Crippen molar-refractivity contribution in [3.63, 3.8) is 0 Å². The summed E-state index contributed by atoms with van der Waals surface area (Å²) in [7, 11) is 0. The van der Waals surface area contributed by atoms with Crippen LogP contribution < -0.4 is 0 Å². The van der Waals surface area contributed by atoms with Crippen LogP contribution >= 0.6 is 0 Å². The molecule has 0 spiro atoms. The van der Waals surface area contributed by atoms with E-state index in [-0.39, 0.29) is 0 Å². The Hall–Kier alpha value is -0.730. The van der Waals surface area contributed by atoms with Crippen molar-refractivity contribution < 1.29 is 8.78 Å². The van der Waals surface area contributed by atoms with E-state index in [4.69, 9.17) is 0 Å². The summed E-state index contributed by atoms with van der Waals surface area (Å²) in [5.41, 5.74) is 0.989. The Balaban J connectivity index is 2.06. The molecule has 0 bridgehead atoms. The molecule has 3 heteroatoms. The van der Waals surface area contributed by atoms with Gasteiger partial charge in [-0.1, -0.05) is 6.08 Å². The fourth-order valence-corrected chi connectivity index (χ4v) is 1.62. The highest BCUT2D eigenvalue weighted by molar-refractivity contribution is 5.78. The van der Waals surface area contributed by atoms with E-state index < -0.39 is 17.9 Å². The highest BCUT2D eigenvalue weighted by atomic mass is 19.3. The molecule has 1 aliphatic heterocycles. The van der Waals surface area contributed by atoms with Crippen molar-refractivity contribution in [1.82, 2.24) is 0 Å². The van der Waals surface area contributed by atoms with Gasteiger partial charge in [-0.3, -0.25) is 4.99 Å². The summed E-state index contributed by atoms with van der Waals surface area (Å²) in [4.78, 5) is 3.90. The second-order valence-electron chi connectivity index (χ2n) is 3.93. The smallest absolute Gasteiger partial charge is 0.273 e. The maximum Gasteiger partial charge on any atom is 0.273 e. The minimum Gasteiger partial charge on any atom is -0.283 e. The third-order valence-corrected chi connectivity index (χ3v) is 2.69. The largest absolute Gasteiger partial charge is 0.283 e. The van der Waals surface area contributed by atoms with Crippen LogP contribution in [0.15, 0.2) is 16.6 Å². The van der Waals surface area contributed by atoms with Crippen molar-refractivity contribution in [2.75, 3.05) is 0 Å². The number of alkyl halides is 2. The maximum absolute atomic E-state index is 13.5. The zero-order valence-corrected chi connectivity index (χ0v) is 7.63. The molecule has 0 amide bonds. The molecule has 13 heavy (non-hydrogen) atoms. The monoisotopic (exact) mass is 185 g/mol. The quantitative estimate of drug-likeness (QED) is 0.627. The number of hydrogen-bond acceptors (Lipinski definition) is 1. The second-order valence-corrected chi connectivity index (χ2v) is 3.93. The van der Waals surface area contributed by atoms with Crippen molar-refractivity contribution in [3.8, 4) is 0 Å². The second kappa shape index (κ2) is 2.89. The first-order valence-electron chi connectivity index (χ1n) is 4.68. The van der Waals surface area contributed by atoms with Crippen LogP contribution in [0.1, 0.15) is 26.2 Å². The minimum atomic E-state index is -2.58. The van der Waals surface area contributed by atoms with E-state index in [1.807, 2.05) is 13.0 Å². The van der Waals surface area contributed by atoms with Gasteiger partial charge < -0.3 is 0 Å². The van der Waals surface area contributed by atoms with E-state index in [1.54, 1.807) is 6.21 Å². The normalized spacial score (nSPS) is 28.8. The highest BCUT2D eigenvalue weighted by Crippen LogP contribution is 2.47. The van der Waals surface area contributed by atoms with E-state index in [1.165, 1.54) is 0 Å². The Bertz CT molecular complexity index is 264. The number of allylic oxidation sites excluding steroid dienone is 1. The average Bonchev–Trinajstić information content (AvgIpc) is 2.87. The molecule has 1 saturated carbocycles. The van der Waals surface area contributed by atoms with Gasteiger partial charge >= 0.3 is 0 Å². The van der Waals surface area contributed by atoms with Gasteiger partial charge in [-0.25, -0.2) is 8.78 Å². The molecule has 0 aromatic heterocycles. The lowest BCUT2D eigenvalue weighted by molar-refractivity contribution is -0.0454. The standard InChI is InChI=1S/C10H13F2N/c1-7-2-5-9(13-6-7)10(11,12)8-3-4-8/h2,6,8-9H,3-5H2,1H3. The topological polar surface area (TPSA) is 12.4 Å². The van der Waals surface area contributed by atoms with Gasteiger partial charge in [0, 0.05) is 12.1 Å². The molecule has 0 saturated heterocycles. The molecule has 1 nitrogen and oxygen atoms in total. The molecule has 0 aromatic rings. The molecule has 1 aliphatic carbocycles. The van der Waals surface area contributed by atoms with E-state index >= 15 is 0 Å². The Morgan fingerprint density at radius 3 is 2.62 bits per heavy atom. The van der Waals surface area contributed by atoms with Crippen LogP contribution in [-0.4, -0.2) is 18.2 Å². The van der Waals surface area contributed by atoms with Crippen LogP contribution in [0, 0.1) is 5.92 Å². The first-order chi connectivity index (χ1) is 6.10. The van der Waals surface area contributed by atoms with Crippen LogP contribution in [0.4, 0.5) is 8.78 Å². The summed E-state index contributed by atoms with van der Waals surface area (Å²) in [6.45, 7) is 1.88. The zero-order valence-electron chi connectivity index (χ0n) is 7.63. The highest BCUT2D eigenvalue weighted by Gasteiger charge is 2.52. The first kappa shape index (κ1) is 8.85. The maximum atomic E-state index is 13.5. The number of halogens is 2. The van der Waals surface area contributed by atoms with E-state index in [9.17, 15) is 8.78 Å². The molecular formula is C10H13F2N. The molecule has 0 aromatic carbocycles. The van der Waals surface area contributed by atoms with Crippen LogP contribution in [0.2, 0.25) is 0 Å². The van der Waals surface area contributed by atoms with E-state index in [2.05, 4.69) is 4.99 Å².